The molecule has 0 fully saturated rings. The molecule has 1 aromatic carbocycles. The Balaban J connectivity index is 1.67. The van der Waals surface area contributed by atoms with Gasteiger partial charge in [-0.2, -0.15) is 0 Å². The van der Waals surface area contributed by atoms with E-state index in [0.717, 1.165) is 43.5 Å². The van der Waals surface area contributed by atoms with E-state index in [9.17, 15) is 5.21 Å². The van der Waals surface area contributed by atoms with Gasteiger partial charge in [-0.15, -0.1) is 11.8 Å². The second-order valence-electron chi connectivity index (χ2n) is 5.24. The van der Waals surface area contributed by atoms with Crippen LogP contribution in [0.1, 0.15) is 37.7 Å². The van der Waals surface area contributed by atoms with Gasteiger partial charge in [-0.25, -0.2) is 4.98 Å². The molecule has 2 aromatic rings. The molecule has 0 amide bonds. The van der Waals surface area contributed by atoms with Crippen LogP contribution in [0.25, 0.3) is 0 Å². The zero-order valence-electron chi connectivity index (χ0n) is 13.0. The molecular weight excluding hydrogens is 294 g/mol. The maximum Gasteiger partial charge on any atom is 0.0945 e. The van der Waals surface area contributed by atoms with E-state index in [4.69, 9.17) is 0 Å². The number of unbranched alkanes of at least 4 members (excludes halogenated alkanes) is 3. The molecule has 0 saturated carbocycles. The quantitative estimate of drug-likeness (QED) is 0.245. The first kappa shape index (κ1) is 16.6. The van der Waals surface area contributed by atoms with Crippen molar-refractivity contribution in [1.29, 1.82) is 0 Å². The molecule has 0 aliphatic rings. The molecule has 0 atom stereocenters. The number of benzene rings is 1. The molecule has 0 aliphatic carbocycles. The second-order valence-corrected chi connectivity index (χ2v) is 6.12. The molecule has 0 saturated heterocycles. The Morgan fingerprint density at radius 3 is 2.59 bits per heavy atom. The molecule has 1 heterocycles. The van der Waals surface area contributed by atoms with Crippen LogP contribution in [-0.4, -0.2) is 26.7 Å². The molecule has 0 bridgehead atoms. The first-order valence-electron chi connectivity index (χ1n) is 7.64. The van der Waals surface area contributed by atoms with Crippen LogP contribution in [0.5, 0.6) is 0 Å². The van der Waals surface area contributed by atoms with Gasteiger partial charge in [-0.1, -0.05) is 30.1 Å². The Kier molecular flexibility index (Phi) is 7.03. The summed E-state index contributed by atoms with van der Waals surface area (Å²) >= 11 is 1.71. The smallest absolute Gasteiger partial charge is 0.0945 e. The van der Waals surface area contributed by atoms with Crippen molar-refractivity contribution in [1.82, 2.24) is 9.55 Å². The minimum absolute atomic E-state index is 0.780. The Bertz CT molecular complexity index is 564. The topological polar surface area (TPSA) is 50.4 Å². The number of oxime groups is 1. The van der Waals surface area contributed by atoms with Crippen molar-refractivity contribution in [3.63, 3.8) is 0 Å². The van der Waals surface area contributed by atoms with Crippen LogP contribution < -0.4 is 0 Å². The van der Waals surface area contributed by atoms with E-state index in [1.54, 1.807) is 11.8 Å². The van der Waals surface area contributed by atoms with Gasteiger partial charge >= 0.3 is 0 Å². The lowest BCUT2D eigenvalue weighted by Crippen LogP contribution is -2.01. The maximum atomic E-state index is 9.21. The average molecular weight is 317 g/mol. The van der Waals surface area contributed by atoms with E-state index in [1.807, 2.05) is 30.9 Å². The van der Waals surface area contributed by atoms with Gasteiger partial charge in [0.15, 0.2) is 0 Å². The van der Waals surface area contributed by atoms with Gasteiger partial charge in [-0.3, -0.25) is 0 Å². The van der Waals surface area contributed by atoms with Crippen LogP contribution >= 0.6 is 11.8 Å². The van der Waals surface area contributed by atoms with E-state index < -0.39 is 0 Å². The minimum atomic E-state index is 0.780. The Labute approximate surface area is 136 Å². The summed E-state index contributed by atoms with van der Waals surface area (Å²) in [4.78, 5) is 5.26. The predicted octanol–water partition coefficient (Wildman–Crippen LogP) is 4.43. The van der Waals surface area contributed by atoms with Crippen molar-refractivity contribution in [2.24, 2.45) is 5.16 Å². The molecule has 118 valence electrons. The molecular formula is C17H23N3OS. The molecule has 0 radical (unpaired) electrons. The fraction of sp³-hybridized carbons (Fsp3) is 0.412. The number of rotatable bonds is 9. The molecule has 0 unspecified atom stereocenters. The van der Waals surface area contributed by atoms with Crippen LogP contribution in [0.2, 0.25) is 0 Å². The van der Waals surface area contributed by atoms with E-state index >= 15 is 0 Å². The van der Waals surface area contributed by atoms with E-state index in [-0.39, 0.29) is 0 Å². The average Bonchev–Trinajstić information content (AvgIpc) is 3.08. The zero-order chi connectivity index (χ0) is 15.6. The second kappa shape index (κ2) is 9.30. The number of aryl methyl sites for hydroxylation is 1. The number of hydrogen-bond donors (Lipinski definition) is 1. The van der Waals surface area contributed by atoms with Crippen LogP contribution in [-0.2, 0) is 6.54 Å². The standard InChI is InChI=1S/C17H23N3OS/c1-22-16-9-7-15(8-10-16)17(19-21)6-4-2-3-5-12-20-13-11-18-14-20/h7-11,13-14,21H,2-6,12H2,1H3. The third-order valence-electron chi connectivity index (χ3n) is 3.68. The van der Waals surface area contributed by atoms with Crippen molar-refractivity contribution in [3.8, 4) is 0 Å². The minimum Gasteiger partial charge on any atom is -0.411 e. The monoisotopic (exact) mass is 317 g/mol. The van der Waals surface area contributed by atoms with Crippen molar-refractivity contribution < 1.29 is 5.21 Å². The van der Waals surface area contributed by atoms with Gasteiger partial charge in [0.1, 0.15) is 0 Å². The molecule has 1 aromatic heterocycles. The van der Waals surface area contributed by atoms with Crippen molar-refractivity contribution >= 4 is 17.5 Å². The van der Waals surface area contributed by atoms with Crippen molar-refractivity contribution in [3.05, 3.63) is 48.5 Å². The van der Waals surface area contributed by atoms with Gasteiger partial charge in [0.2, 0.25) is 0 Å². The summed E-state index contributed by atoms with van der Waals surface area (Å²) in [5.41, 5.74) is 1.79. The van der Waals surface area contributed by atoms with Crippen LogP contribution in [0, 0.1) is 0 Å². The highest BCUT2D eigenvalue weighted by atomic mass is 32.2. The lowest BCUT2D eigenvalue weighted by atomic mass is 10.0. The number of hydrogen-bond acceptors (Lipinski definition) is 4. The van der Waals surface area contributed by atoms with Gasteiger partial charge in [0.05, 0.1) is 12.0 Å². The van der Waals surface area contributed by atoms with Gasteiger partial charge in [0.25, 0.3) is 0 Å². The predicted molar refractivity (Wildman–Crippen MR) is 91.9 cm³/mol. The summed E-state index contributed by atoms with van der Waals surface area (Å²) in [5, 5.41) is 12.7. The number of nitrogens with zero attached hydrogens (tertiary/aromatic N) is 3. The third kappa shape index (κ3) is 5.22. The summed E-state index contributed by atoms with van der Waals surface area (Å²) in [6.07, 6.45) is 13.1. The van der Waals surface area contributed by atoms with Gasteiger partial charge < -0.3 is 9.77 Å². The Morgan fingerprint density at radius 2 is 1.95 bits per heavy atom. The van der Waals surface area contributed by atoms with Crippen molar-refractivity contribution in [2.75, 3.05) is 6.26 Å². The van der Waals surface area contributed by atoms with E-state index in [1.165, 1.54) is 11.3 Å². The van der Waals surface area contributed by atoms with Gasteiger partial charge in [-0.05, 0) is 43.2 Å². The lowest BCUT2D eigenvalue weighted by Gasteiger charge is -2.06. The fourth-order valence-electron chi connectivity index (χ4n) is 2.39. The summed E-state index contributed by atoms with van der Waals surface area (Å²) in [6.45, 7) is 1.02. The van der Waals surface area contributed by atoms with Crippen LogP contribution in [0.3, 0.4) is 0 Å². The largest absolute Gasteiger partial charge is 0.411 e. The first-order valence-corrected chi connectivity index (χ1v) is 8.87. The fourth-order valence-corrected chi connectivity index (χ4v) is 2.80. The molecule has 22 heavy (non-hydrogen) atoms. The highest BCUT2D eigenvalue weighted by Gasteiger charge is 2.04. The SMILES string of the molecule is CSc1ccc(C(CCCCCCn2ccnc2)=NO)cc1. The molecule has 2 rings (SSSR count). The normalized spacial score (nSPS) is 11.8. The number of imidazole rings is 1. The highest BCUT2D eigenvalue weighted by molar-refractivity contribution is 7.98. The third-order valence-corrected chi connectivity index (χ3v) is 4.43. The van der Waals surface area contributed by atoms with Crippen LogP contribution in [0.15, 0.2) is 53.0 Å². The first-order chi connectivity index (χ1) is 10.8. The van der Waals surface area contributed by atoms with E-state index in [0.29, 0.717) is 0 Å². The molecule has 5 heteroatoms. The number of aromatic nitrogens is 2. The zero-order valence-corrected chi connectivity index (χ0v) is 13.8. The molecule has 0 spiro atoms. The molecule has 0 aliphatic heterocycles. The molecule has 1 N–H and O–H groups in total. The van der Waals surface area contributed by atoms with E-state index in [2.05, 4.69) is 33.1 Å². The summed E-state index contributed by atoms with van der Waals surface area (Å²) in [5.74, 6) is 0. The van der Waals surface area contributed by atoms with Crippen LogP contribution in [0.4, 0.5) is 0 Å². The summed E-state index contributed by atoms with van der Waals surface area (Å²) in [6, 6.07) is 8.19. The van der Waals surface area contributed by atoms with Gasteiger partial charge in [0, 0.05) is 23.8 Å². The highest BCUT2D eigenvalue weighted by Crippen LogP contribution is 2.17. The molecule has 4 nitrogen and oxygen atoms in total. The number of thioether (sulfide) groups is 1. The van der Waals surface area contributed by atoms with Crippen molar-refractivity contribution in [2.45, 2.75) is 43.5 Å². The lowest BCUT2D eigenvalue weighted by molar-refractivity contribution is 0.317. The Hall–Kier alpha value is -1.75. The summed E-state index contributed by atoms with van der Waals surface area (Å²) in [7, 11) is 0. The Morgan fingerprint density at radius 1 is 1.18 bits per heavy atom. The maximum absolute atomic E-state index is 9.21. The summed E-state index contributed by atoms with van der Waals surface area (Å²) < 4.78 is 2.11.